The van der Waals surface area contributed by atoms with Crippen LogP contribution in [-0.4, -0.2) is 11.8 Å². The Morgan fingerprint density at radius 1 is 1.15 bits per heavy atom. The fourth-order valence-corrected chi connectivity index (χ4v) is 2.24. The third-order valence-electron chi connectivity index (χ3n) is 2.95. The lowest BCUT2D eigenvalue weighted by molar-refractivity contribution is -0.115. The molecule has 0 bridgehead atoms. The zero-order valence-electron chi connectivity index (χ0n) is 8.01. The Morgan fingerprint density at radius 3 is 2.62 bits per heavy atom. The van der Waals surface area contributed by atoms with Crippen LogP contribution in [0.3, 0.4) is 0 Å². The van der Waals surface area contributed by atoms with Crippen LogP contribution in [0.1, 0.15) is 44.9 Å². The molecule has 0 heterocycles. The third kappa shape index (κ3) is 2.33. The molecule has 2 heteroatoms. The molecular weight excluding hydrogens is 162 g/mol. The van der Waals surface area contributed by atoms with Crippen LogP contribution in [0.15, 0.2) is 11.8 Å². The van der Waals surface area contributed by atoms with E-state index in [0.717, 1.165) is 19.3 Å². The summed E-state index contributed by atoms with van der Waals surface area (Å²) in [7, 11) is 0. The lowest BCUT2D eigenvalue weighted by Gasteiger charge is -2.19. The van der Waals surface area contributed by atoms with Crippen LogP contribution in [0.4, 0.5) is 0 Å². The lowest BCUT2D eigenvalue weighted by atomic mass is 10.0. The topological polar surface area (TPSA) is 29.1 Å². The van der Waals surface area contributed by atoms with E-state index < -0.39 is 0 Å². The van der Waals surface area contributed by atoms with Crippen LogP contribution in [-0.2, 0) is 4.79 Å². The van der Waals surface area contributed by atoms with Crippen molar-refractivity contribution in [3.8, 4) is 0 Å². The van der Waals surface area contributed by atoms with E-state index in [1.54, 1.807) is 0 Å². The summed E-state index contributed by atoms with van der Waals surface area (Å²) in [6.07, 6.45) is 9.92. The van der Waals surface area contributed by atoms with Crippen molar-refractivity contribution in [2.24, 2.45) is 0 Å². The van der Waals surface area contributed by atoms with Crippen LogP contribution in [0.25, 0.3) is 0 Å². The van der Waals surface area contributed by atoms with E-state index in [1.165, 1.54) is 31.4 Å². The van der Waals surface area contributed by atoms with Crippen molar-refractivity contribution in [2.75, 3.05) is 0 Å². The molecule has 0 saturated heterocycles. The summed E-state index contributed by atoms with van der Waals surface area (Å²) in [6.45, 7) is 0. The minimum Gasteiger partial charge on any atom is -0.386 e. The van der Waals surface area contributed by atoms with Gasteiger partial charge in [0, 0.05) is 24.2 Å². The largest absolute Gasteiger partial charge is 0.386 e. The highest BCUT2D eigenvalue weighted by molar-refractivity contribution is 5.91. The van der Waals surface area contributed by atoms with Crippen LogP contribution < -0.4 is 5.32 Å². The smallest absolute Gasteiger partial charge is 0.157 e. The predicted molar refractivity (Wildman–Crippen MR) is 52.3 cm³/mol. The van der Waals surface area contributed by atoms with Crippen LogP contribution in [0.5, 0.6) is 0 Å². The molecule has 0 spiro atoms. The molecule has 2 rings (SSSR count). The summed E-state index contributed by atoms with van der Waals surface area (Å²) >= 11 is 0. The van der Waals surface area contributed by atoms with Crippen molar-refractivity contribution in [2.45, 2.75) is 51.0 Å². The van der Waals surface area contributed by atoms with E-state index in [1.807, 2.05) is 6.08 Å². The van der Waals surface area contributed by atoms with E-state index in [0.29, 0.717) is 11.8 Å². The zero-order chi connectivity index (χ0) is 9.10. The number of nitrogens with one attached hydrogen (secondary N) is 1. The average Bonchev–Trinajstić information content (AvgIpc) is 2.57. The summed E-state index contributed by atoms with van der Waals surface area (Å²) < 4.78 is 0. The van der Waals surface area contributed by atoms with Gasteiger partial charge in [-0.25, -0.2) is 0 Å². The van der Waals surface area contributed by atoms with E-state index in [4.69, 9.17) is 0 Å². The highest BCUT2D eigenvalue weighted by Gasteiger charge is 2.17. The maximum atomic E-state index is 11.1. The molecule has 1 saturated carbocycles. The summed E-state index contributed by atoms with van der Waals surface area (Å²) in [5, 5.41) is 3.49. The minimum absolute atomic E-state index is 0.298. The molecule has 0 aromatic rings. The highest BCUT2D eigenvalue weighted by atomic mass is 16.1. The van der Waals surface area contributed by atoms with Gasteiger partial charge in [-0.3, -0.25) is 4.79 Å². The Kier molecular flexibility index (Phi) is 2.67. The fraction of sp³-hybridized carbons (Fsp3) is 0.727. The first-order valence-electron chi connectivity index (χ1n) is 5.34. The van der Waals surface area contributed by atoms with Crippen molar-refractivity contribution in [3.05, 3.63) is 11.8 Å². The monoisotopic (exact) mass is 179 g/mol. The van der Waals surface area contributed by atoms with Gasteiger partial charge in [-0.2, -0.15) is 0 Å². The number of hydrogen-bond donors (Lipinski definition) is 1. The molecule has 0 amide bonds. The highest BCUT2D eigenvalue weighted by Crippen LogP contribution is 2.21. The summed E-state index contributed by atoms with van der Waals surface area (Å²) in [4.78, 5) is 11.1. The minimum atomic E-state index is 0.298. The summed E-state index contributed by atoms with van der Waals surface area (Å²) in [5.41, 5.74) is 1.18. The first kappa shape index (κ1) is 8.79. The molecule has 2 nitrogen and oxygen atoms in total. The number of allylic oxidation sites excluding steroid dienone is 2. The number of rotatable bonds is 2. The van der Waals surface area contributed by atoms with Crippen molar-refractivity contribution in [1.29, 1.82) is 0 Å². The Bertz CT molecular complexity index is 226. The number of carbonyl (C=O) groups is 1. The molecule has 2 aliphatic carbocycles. The molecule has 0 aromatic carbocycles. The van der Waals surface area contributed by atoms with Gasteiger partial charge in [0.05, 0.1) is 0 Å². The summed E-state index contributed by atoms with van der Waals surface area (Å²) in [5.74, 6) is 0.298. The maximum Gasteiger partial charge on any atom is 0.157 e. The molecule has 0 aromatic heterocycles. The van der Waals surface area contributed by atoms with E-state index >= 15 is 0 Å². The predicted octanol–water partition coefficient (Wildman–Crippen LogP) is 2.16. The fourth-order valence-electron chi connectivity index (χ4n) is 2.24. The summed E-state index contributed by atoms with van der Waals surface area (Å²) in [6, 6.07) is 0.650. The third-order valence-corrected chi connectivity index (χ3v) is 2.95. The molecule has 72 valence electrons. The normalized spacial score (nSPS) is 24.6. The molecule has 0 aliphatic heterocycles. The molecule has 1 fully saturated rings. The zero-order valence-corrected chi connectivity index (χ0v) is 8.01. The number of hydrogen-bond acceptors (Lipinski definition) is 2. The number of ketones is 1. The lowest BCUT2D eigenvalue weighted by Crippen LogP contribution is -2.27. The Balaban J connectivity index is 1.89. The first-order valence-corrected chi connectivity index (χ1v) is 5.34. The quantitative estimate of drug-likeness (QED) is 0.703. The van der Waals surface area contributed by atoms with Gasteiger partial charge in [0.25, 0.3) is 0 Å². The van der Waals surface area contributed by atoms with Crippen molar-refractivity contribution in [3.63, 3.8) is 0 Å². The van der Waals surface area contributed by atoms with Crippen molar-refractivity contribution >= 4 is 5.78 Å². The van der Waals surface area contributed by atoms with Gasteiger partial charge in [-0.15, -0.1) is 0 Å². The Hall–Kier alpha value is -0.790. The molecular formula is C11H17NO. The second kappa shape index (κ2) is 3.95. The molecule has 2 aliphatic rings. The van der Waals surface area contributed by atoms with Gasteiger partial charge in [0.2, 0.25) is 0 Å². The molecule has 0 unspecified atom stereocenters. The average molecular weight is 179 g/mol. The SMILES string of the molecule is O=C1C=C(NC2CCCC2)CCC1. The van der Waals surface area contributed by atoms with E-state index in [2.05, 4.69) is 5.32 Å². The second-order valence-corrected chi connectivity index (χ2v) is 4.12. The Labute approximate surface area is 79.4 Å². The number of carbonyl (C=O) groups excluding carboxylic acids is 1. The van der Waals surface area contributed by atoms with Gasteiger partial charge in [-0.1, -0.05) is 12.8 Å². The van der Waals surface area contributed by atoms with Gasteiger partial charge in [0.15, 0.2) is 5.78 Å². The van der Waals surface area contributed by atoms with Crippen molar-refractivity contribution < 1.29 is 4.79 Å². The standard InChI is InChI=1S/C11H17NO/c13-11-7-3-6-10(8-11)12-9-4-1-2-5-9/h8-9,12H,1-7H2. The van der Waals surface area contributed by atoms with Gasteiger partial charge in [-0.05, 0) is 25.7 Å². The van der Waals surface area contributed by atoms with Gasteiger partial charge in [0.1, 0.15) is 0 Å². The van der Waals surface area contributed by atoms with Crippen LogP contribution >= 0.6 is 0 Å². The van der Waals surface area contributed by atoms with Crippen molar-refractivity contribution in [1.82, 2.24) is 5.32 Å². The van der Waals surface area contributed by atoms with E-state index in [9.17, 15) is 4.79 Å². The molecule has 13 heavy (non-hydrogen) atoms. The molecule has 0 radical (unpaired) electrons. The molecule has 1 N–H and O–H groups in total. The molecule has 0 atom stereocenters. The Morgan fingerprint density at radius 2 is 1.92 bits per heavy atom. The maximum absolute atomic E-state index is 11.1. The second-order valence-electron chi connectivity index (χ2n) is 4.12. The van der Waals surface area contributed by atoms with Crippen LogP contribution in [0.2, 0.25) is 0 Å². The first-order chi connectivity index (χ1) is 6.34. The van der Waals surface area contributed by atoms with Gasteiger partial charge >= 0.3 is 0 Å². The van der Waals surface area contributed by atoms with E-state index in [-0.39, 0.29) is 0 Å². The van der Waals surface area contributed by atoms with Gasteiger partial charge < -0.3 is 5.32 Å². The van der Waals surface area contributed by atoms with Crippen LogP contribution in [0, 0.1) is 0 Å².